The molecule has 0 fully saturated rings. The Morgan fingerprint density at radius 3 is 2.49 bits per heavy atom. The van der Waals surface area contributed by atoms with E-state index in [-0.39, 0.29) is 6.04 Å². The molecule has 0 bridgehead atoms. The van der Waals surface area contributed by atoms with Crippen LogP contribution in [-0.2, 0) is 0 Å². The second-order valence-corrected chi connectivity index (χ2v) is 8.99. The molecule has 1 N–H and O–H groups in total. The smallest absolute Gasteiger partial charge is 0.226 e. The van der Waals surface area contributed by atoms with Crippen molar-refractivity contribution in [1.29, 1.82) is 0 Å². The van der Waals surface area contributed by atoms with Gasteiger partial charge in [0.1, 0.15) is 24.2 Å². The summed E-state index contributed by atoms with van der Waals surface area (Å²) in [4.78, 5) is 4.48. The van der Waals surface area contributed by atoms with E-state index >= 15 is 0 Å². The van der Waals surface area contributed by atoms with E-state index in [0.717, 1.165) is 33.7 Å². The molecule has 0 spiro atoms. The number of hydrogen-bond donors (Lipinski definition) is 1. The molecule has 2 aliphatic rings. The van der Waals surface area contributed by atoms with E-state index in [1.54, 1.807) is 20.5 Å². The van der Waals surface area contributed by atoms with Crippen molar-refractivity contribution in [3.8, 4) is 17.2 Å². The van der Waals surface area contributed by atoms with Gasteiger partial charge in [-0.3, -0.25) is 0 Å². The molecule has 7 nitrogen and oxygen atoms in total. The van der Waals surface area contributed by atoms with Crippen molar-refractivity contribution < 1.29 is 14.2 Å². The van der Waals surface area contributed by atoms with Crippen LogP contribution in [0.3, 0.4) is 0 Å². The average Bonchev–Trinajstić information content (AvgIpc) is 3.35. The molecule has 0 saturated carbocycles. The summed E-state index contributed by atoms with van der Waals surface area (Å²) in [5.41, 5.74) is 6.00. The molecular weight excluding hydrogens is 464 g/mol. The van der Waals surface area contributed by atoms with Gasteiger partial charge in [-0.25, -0.2) is 4.68 Å². The van der Waals surface area contributed by atoms with E-state index in [9.17, 15) is 0 Å². The van der Waals surface area contributed by atoms with Crippen LogP contribution in [0, 0.1) is 6.92 Å². The zero-order valence-corrected chi connectivity index (χ0v) is 20.2. The van der Waals surface area contributed by atoms with Gasteiger partial charge in [-0.15, -0.1) is 0 Å². The van der Waals surface area contributed by atoms with E-state index in [1.165, 1.54) is 5.56 Å². The molecule has 6 rings (SSSR count). The van der Waals surface area contributed by atoms with Crippen LogP contribution in [0.15, 0.2) is 72.6 Å². The van der Waals surface area contributed by atoms with E-state index in [1.807, 2.05) is 41.1 Å². The standard InChI is InChI=1S/C27H23ClN4O3/c1-15-4-6-16(7-5-15)25-23-24(31-27-29-14-30-32(25)27)19-13-18(28)9-11-20(19)35-26(23)17-8-10-21(33-2)22(12-17)34-3/h4-14,25-26H,1-3H3,(H,29,30,31)/t25-,26-/m0/s1. The van der Waals surface area contributed by atoms with Gasteiger partial charge in [0.05, 0.1) is 19.9 Å². The Morgan fingerprint density at radius 1 is 0.943 bits per heavy atom. The third-order valence-electron chi connectivity index (χ3n) is 6.48. The van der Waals surface area contributed by atoms with Gasteiger partial charge in [-0.2, -0.15) is 10.1 Å². The van der Waals surface area contributed by atoms with Crippen molar-refractivity contribution in [2.45, 2.75) is 19.1 Å². The first kappa shape index (κ1) is 21.6. The Kier molecular flexibility index (Phi) is 5.15. The number of aryl methyl sites for hydroxylation is 1. The maximum Gasteiger partial charge on any atom is 0.226 e. The summed E-state index contributed by atoms with van der Waals surface area (Å²) in [6.45, 7) is 2.08. The highest BCUT2D eigenvalue weighted by atomic mass is 35.5. The highest BCUT2D eigenvalue weighted by Crippen LogP contribution is 2.51. The van der Waals surface area contributed by atoms with Gasteiger partial charge in [-0.05, 0) is 42.8 Å². The fourth-order valence-electron chi connectivity index (χ4n) is 4.80. The monoisotopic (exact) mass is 486 g/mol. The van der Waals surface area contributed by atoms with Crippen LogP contribution in [-0.4, -0.2) is 29.0 Å². The molecule has 0 amide bonds. The topological polar surface area (TPSA) is 70.4 Å². The number of hydrogen-bond acceptors (Lipinski definition) is 6. The summed E-state index contributed by atoms with van der Waals surface area (Å²) >= 11 is 6.41. The molecule has 2 aliphatic heterocycles. The summed E-state index contributed by atoms with van der Waals surface area (Å²) in [6.07, 6.45) is 1.14. The molecule has 0 unspecified atom stereocenters. The summed E-state index contributed by atoms with van der Waals surface area (Å²) in [6, 6.07) is 19.7. The van der Waals surface area contributed by atoms with Crippen molar-refractivity contribution in [3.63, 3.8) is 0 Å². The number of fused-ring (bicyclic) bond motifs is 3. The number of benzene rings is 3. The Balaban J connectivity index is 1.61. The van der Waals surface area contributed by atoms with Gasteiger partial charge in [0.25, 0.3) is 0 Å². The van der Waals surface area contributed by atoms with E-state index in [0.29, 0.717) is 22.5 Å². The van der Waals surface area contributed by atoms with Crippen molar-refractivity contribution in [1.82, 2.24) is 14.8 Å². The van der Waals surface area contributed by atoms with E-state index in [2.05, 4.69) is 46.6 Å². The molecular formula is C27H23ClN4O3. The lowest BCUT2D eigenvalue weighted by Gasteiger charge is -2.39. The van der Waals surface area contributed by atoms with Crippen LogP contribution in [0.2, 0.25) is 5.02 Å². The molecule has 35 heavy (non-hydrogen) atoms. The Morgan fingerprint density at radius 2 is 1.71 bits per heavy atom. The van der Waals surface area contributed by atoms with Crippen LogP contribution >= 0.6 is 11.6 Å². The maximum atomic E-state index is 6.67. The molecule has 0 saturated heterocycles. The van der Waals surface area contributed by atoms with Gasteiger partial charge in [0, 0.05) is 21.7 Å². The molecule has 3 aromatic carbocycles. The number of methoxy groups -OCH3 is 2. The summed E-state index contributed by atoms with van der Waals surface area (Å²) < 4.78 is 19.6. The van der Waals surface area contributed by atoms with E-state index < -0.39 is 6.10 Å². The van der Waals surface area contributed by atoms with Crippen molar-refractivity contribution in [2.75, 3.05) is 19.5 Å². The largest absolute Gasteiger partial charge is 0.493 e. The fourth-order valence-corrected chi connectivity index (χ4v) is 4.97. The van der Waals surface area contributed by atoms with Gasteiger partial charge in [0.15, 0.2) is 11.5 Å². The number of nitrogens with zero attached hydrogens (tertiary/aromatic N) is 3. The molecule has 3 heterocycles. The zero-order chi connectivity index (χ0) is 24.1. The maximum absolute atomic E-state index is 6.67. The minimum atomic E-state index is -0.422. The van der Waals surface area contributed by atoms with Crippen molar-refractivity contribution >= 4 is 23.2 Å². The van der Waals surface area contributed by atoms with Crippen LogP contribution in [0.4, 0.5) is 5.95 Å². The lowest BCUT2D eigenvalue weighted by Crippen LogP contribution is -2.32. The SMILES string of the molecule is COc1ccc([C@@H]2Oc3ccc(Cl)cc3C3=C2[C@H](c2ccc(C)cc2)n2ncnc2N3)cc1OC. The summed E-state index contributed by atoms with van der Waals surface area (Å²) in [5.74, 6) is 2.68. The lowest BCUT2D eigenvalue weighted by molar-refractivity contribution is 0.222. The van der Waals surface area contributed by atoms with Crippen LogP contribution in [0.25, 0.3) is 5.70 Å². The minimum absolute atomic E-state index is 0.241. The molecule has 2 atom stereocenters. The minimum Gasteiger partial charge on any atom is -0.493 e. The second kappa shape index (κ2) is 8.36. The molecule has 8 heteroatoms. The number of aromatic nitrogens is 3. The third-order valence-corrected chi connectivity index (χ3v) is 6.71. The van der Waals surface area contributed by atoms with Gasteiger partial charge in [0.2, 0.25) is 5.95 Å². The predicted octanol–water partition coefficient (Wildman–Crippen LogP) is 5.82. The molecule has 1 aromatic heterocycles. The Hall–Kier alpha value is -3.97. The second-order valence-electron chi connectivity index (χ2n) is 8.55. The highest BCUT2D eigenvalue weighted by Gasteiger charge is 2.41. The molecule has 0 aliphatic carbocycles. The zero-order valence-electron chi connectivity index (χ0n) is 19.4. The van der Waals surface area contributed by atoms with Gasteiger partial charge in [-0.1, -0.05) is 47.5 Å². The molecule has 4 aromatic rings. The summed E-state index contributed by atoms with van der Waals surface area (Å²) in [5, 5.41) is 8.70. The highest BCUT2D eigenvalue weighted by molar-refractivity contribution is 6.30. The first-order valence-corrected chi connectivity index (χ1v) is 11.6. The average molecular weight is 487 g/mol. The Bertz CT molecular complexity index is 1460. The quantitative estimate of drug-likeness (QED) is 0.392. The molecule has 176 valence electrons. The molecule has 0 radical (unpaired) electrons. The van der Waals surface area contributed by atoms with Crippen molar-refractivity contribution in [2.24, 2.45) is 0 Å². The fraction of sp³-hybridized carbons (Fsp3) is 0.185. The van der Waals surface area contributed by atoms with Gasteiger partial charge < -0.3 is 19.5 Å². The Labute approximate surface area is 207 Å². The van der Waals surface area contributed by atoms with Crippen LogP contribution < -0.4 is 19.5 Å². The van der Waals surface area contributed by atoms with Gasteiger partial charge >= 0.3 is 0 Å². The van der Waals surface area contributed by atoms with Crippen LogP contribution in [0.5, 0.6) is 17.2 Å². The number of anilines is 1. The third kappa shape index (κ3) is 3.51. The summed E-state index contributed by atoms with van der Waals surface area (Å²) in [7, 11) is 3.25. The lowest BCUT2D eigenvalue weighted by atomic mass is 9.84. The van der Waals surface area contributed by atoms with Crippen molar-refractivity contribution in [3.05, 3.63) is 99.8 Å². The number of halogens is 1. The number of nitrogens with one attached hydrogen (secondary N) is 1. The first-order valence-electron chi connectivity index (χ1n) is 11.2. The number of rotatable bonds is 4. The normalized spacial score (nSPS) is 18.1. The van der Waals surface area contributed by atoms with Crippen LogP contribution in [0.1, 0.15) is 34.4 Å². The van der Waals surface area contributed by atoms with E-state index in [4.69, 9.17) is 25.8 Å². The first-order chi connectivity index (χ1) is 17.1. The predicted molar refractivity (Wildman–Crippen MR) is 134 cm³/mol. The number of ether oxygens (including phenoxy) is 3.